The Labute approximate surface area is 163 Å². The van der Waals surface area contributed by atoms with Gasteiger partial charge in [0, 0.05) is 37.1 Å². The zero-order chi connectivity index (χ0) is 18.9. The van der Waals surface area contributed by atoms with Gasteiger partial charge < -0.3 is 14.7 Å². The first-order valence-electron chi connectivity index (χ1n) is 9.54. The van der Waals surface area contributed by atoms with Gasteiger partial charge in [-0.1, -0.05) is 35.0 Å². The van der Waals surface area contributed by atoms with Crippen molar-refractivity contribution in [1.82, 2.24) is 20.4 Å². The van der Waals surface area contributed by atoms with Crippen LogP contribution in [-0.4, -0.2) is 41.3 Å². The maximum atomic E-state index is 5.56. The number of nitrogens with one attached hydrogen (secondary N) is 1. The van der Waals surface area contributed by atoms with E-state index in [2.05, 4.69) is 51.5 Å². The fourth-order valence-corrected chi connectivity index (χ4v) is 3.60. The molecule has 0 amide bonds. The van der Waals surface area contributed by atoms with E-state index in [-0.39, 0.29) is 0 Å². The molecule has 1 N–H and O–H groups in total. The molecule has 4 aromatic rings. The molecule has 140 valence electrons. The predicted octanol–water partition coefficient (Wildman–Crippen LogP) is 3.67. The average Bonchev–Trinajstić information content (AvgIpc) is 3.24. The van der Waals surface area contributed by atoms with E-state index in [1.165, 1.54) is 5.56 Å². The molecule has 1 aliphatic heterocycles. The zero-order valence-electron chi connectivity index (χ0n) is 15.7. The minimum absolute atomic E-state index is 0.520. The summed E-state index contributed by atoms with van der Waals surface area (Å²) in [7, 11) is 0. The van der Waals surface area contributed by atoms with Crippen LogP contribution in [0.15, 0.2) is 59.1 Å². The first-order valence-corrected chi connectivity index (χ1v) is 9.54. The van der Waals surface area contributed by atoms with Crippen LogP contribution in [0, 0.1) is 6.92 Å². The molecule has 0 saturated carbocycles. The van der Waals surface area contributed by atoms with Crippen LogP contribution in [0.2, 0.25) is 0 Å². The Morgan fingerprint density at radius 2 is 1.79 bits per heavy atom. The number of aryl methyl sites for hydroxylation is 1. The van der Waals surface area contributed by atoms with Gasteiger partial charge >= 0.3 is 0 Å². The van der Waals surface area contributed by atoms with Gasteiger partial charge in [-0.2, -0.15) is 4.98 Å². The highest BCUT2D eigenvalue weighted by molar-refractivity contribution is 5.88. The van der Waals surface area contributed by atoms with Gasteiger partial charge in [0.25, 0.3) is 5.89 Å². The molecule has 0 radical (unpaired) electrons. The van der Waals surface area contributed by atoms with Crippen LogP contribution in [0.4, 0.5) is 5.82 Å². The summed E-state index contributed by atoms with van der Waals surface area (Å²) in [5.74, 6) is 2.01. The smallest absolute Gasteiger partial charge is 0.258 e. The van der Waals surface area contributed by atoms with Gasteiger partial charge in [0.1, 0.15) is 5.82 Å². The van der Waals surface area contributed by atoms with E-state index in [1.807, 2.05) is 30.3 Å². The normalized spacial score (nSPS) is 14.5. The Morgan fingerprint density at radius 3 is 2.61 bits per heavy atom. The molecule has 1 fully saturated rings. The number of fused-ring (bicyclic) bond motifs is 1. The molecule has 6 nitrogen and oxygen atoms in total. The molecular weight excluding hydrogens is 350 g/mol. The largest absolute Gasteiger partial charge is 0.353 e. The quantitative estimate of drug-likeness (QED) is 0.593. The number of benzene rings is 2. The highest BCUT2D eigenvalue weighted by Crippen LogP contribution is 2.32. The van der Waals surface area contributed by atoms with Gasteiger partial charge in [0.2, 0.25) is 5.82 Å². The van der Waals surface area contributed by atoms with Crippen LogP contribution < -0.4 is 10.2 Å². The van der Waals surface area contributed by atoms with Crippen LogP contribution >= 0.6 is 0 Å². The van der Waals surface area contributed by atoms with Gasteiger partial charge in [-0.15, -0.1) is 0 Å². The van der Waals surface area contributed by atoms with E-state index in [0.717, 1.165) is 54.0 Å². The lowest BCUT2D eigenvalue weighted by molar-refractivity contribution is 0.432. The lowest BCUT2D eigenvalue weighted by atomic mass is 10.1. The number of pyridine rings is 1. The van der Waals surface area contributed by atoms with E-state index in [9.17, 15) is 0 Å². The zero-order valence-corrected chi connectivity index (χ0v) is 15.7. The summed E-state index contributed by atoms with van der Waals surface area (Å²) in [4.78, 5) is 11.9. The highest BCUT2D eigenvalue weighted by atomic mass is 16.5. The molecular formula is C22H21N5O. The lowest BCUT2D eigenvalue weighted by Gasteiger charge is -2.29. The number of anilines is 1. The van der Waals surface area contributed by atoms with Crippen LogP contribution in [0.3, 0.4) is 0 Å². The average molecular weight is 371 g/mol. The summed E-state index contributed by atoms with van der Waals surface area (Å²) < 4.78 is 5.56. The van der Waals surface area contributed by atoms with Crippen molar-refractivity contribution >= 4 is 16.7 Å². The Bertz CT molecular complexity index is 1120. The van der Waals surface area contributed by atoms with E-state index < -0.39 is 0 Å². The number of nitrogens with zero attached hydrogens (tertiary/aromatic N) is 4. The van der Waals surface area contributed by atoms with Crippen LogP contribution in [0.5, 0.6) is 0 Å². The van der Waals surface area contributed by atoms with Crippen LogP contribution in [0.1, 0.15) is 5.56 Å². The van der Waals surface area contributed by atoms with Crippen molar-refractivity contribution in [3.05, 3.63) is 60.2 Å². The standard InChI is InChI=1S/C22H21N5O/c1-15-7-8-19-17(13-15)14-18(21(24-19)27-11-9-23-10-12-27)20-25-22(28-26-20)16-5-3-2-4-6-16/h2-8,13-14,23H,9-12H2,1H3. The Kier molecular flexibility index (Phi) is 4.25. The third-order valence-corrected chi connectivity index (χ3v) is 5.05. The van der Waals surface area contributed by atoms with E-state index in [0.29, 0.717) is 11.7 Å². The first-order chi connectivity index (χ1) is 13.8. The third-order valence-electron chi connectivity index (χ3n) is 5.05. The third kappa shape index (κ3) is 3.12. The monoisotopic (exact) mass is 371 g/mol. The van der Waals surface area contributed by atoms with Gasteiger partial charge in [-0.05, 0) is 37.3 Å². The molecule has 0 aliphatic carbocycles. The van der Waals surface area contributed by atoms with Crippen molar-refractivity contribution in [2.45, 2.75) is 6.92 Å². The van der Waals surface area contributed by atoms with Gasteiger partial charge in [0.05, 0.1) is 11.1 Å². The number of piperazine rings is 1. The summed E-state index contributed by atoms with van der Waals surface area (Å²) in [6, 6.07) is 18.3. The number of rotatable bonds is 3. The summed E-state index contributed by atoms with van der Waals surface area (Å²) in [6.07, 6.45) is 0. The van der Waals surface area contributed by atoms with Gasteiger partial charge in [-0.3, -0.25) is 0 Å². The topological polar surface area (TPSA) is 67.1 Å². The SMILES string of the molecule is Cc1ccc2nc(N3CCNCC3)c(-c3noc(-c4ccccc4)n3)cc2c1. The predicted molar refractivity (Wildman–Crippen MR) is 110 cm³/mol. The molecule has 5 rings (SSSR count). The number of hydrogen-bond acceptors (Lipinski definition) is 6. The molecule has 28 heavy (non-hydrogen) atoms. The summed E-state index contributed by atoms with van der Waals surface area (Å²) >= 11 is 0. The molecule has 3 heterocycles. The minimum atomic E-state index is 0.520. The second-order valence-electron chi connectivity index (χ2n) is 7.08. The Balaban J connectivity index is 1.65. The molecule has 0 bridgehead atoms. The van der Waals surface area contributed by atoms with Crippen molar-refractivity contribution in [3.63, 3.8) is 0 Å². The molecule has 6 heteroatoms. The van der Waals surface area contributed by atoms with Gasteiger partial charge in [0.15, 0.2) is 0 Å². The molecule has 1 aliphatic rings. The van der Waals surface area contributed by atoms with Crippen molar-refractivity contribution in [1.29, 1.82) is 0 Å². The fraction of sp³-hybridized carbons (Fsp3) is 0.227. The van der Waals surface area contributed by atoms with Crippen molar-refractivity contribution in [2.75, 3.05) is 31.1 Å². The summed E-state index contributed by atoms with van der Waals surface area (Å²) in [5, 5.41) is 8.76. The van der Waals surface area contributed by atoms with Crippen molar-refractivity contribution < 1.29 is 4.52 Å². The fourth-order valence-electron chi connectivity index (χ4n) is 3.60. The lowest BCUT2D eigenvalue weighted by Crippen LogP contribution is -2.44. The van der Waals surface area contributed by atoms with Crippen molar-refractivity contribution in [2.24, 2.45) is 0 Å². The molecule has 0 spiro atoms. The van der Waals surface area contributed by atoms with Gasteiger partial charge in [-0.25, -0.2) is 4.98 Å². The highest BCUT2D eigenvalue weighted by Gasteiger charge is 2.21. The minimum Gasteiger partial charge on any atom is -0.353 e. The number of hydrogen-bond donors (Lipinski definition) is 1. The van der Waals surface area contributed by atoms with E-state index >= 15 is 0 Å². The van der Waals surface area contributed by atoms with Crippen LogP contribution in [0.25, 0.3) is 33.7 Å². The first kappa shape index (κ1) is 16.9. The molecule has 2 aromatic carbocycles. The molecule has 0 unspecified atom stereocenters. The molecule has 0 atom stereocenters. The van der Waals surface area contributed by atoms with E-state index in [1.54, 1.807) is 0 Å². The maximum absolute atomic E-state index is 5.56. The Morgan fingerprint density at radius 1 is 0.964 bits per heavy atom. The van der Waals surface area contributed by atoms with E-state index in [4.69, 9.17) is 9.51 Å². The maximum Gasteiger partial charge on any atom is 0.258 e. The van der Waals surface area contributed by atoms with Crippen LogP contribution in [-0.2, 0) is 0 Å². The second kappa shape index (κ2) is 7.05. The molecule has 1 saturated heterocycles. The molecule has 2 aromatic heterocycles. The Hall–Kier alpha value is -3.25. The number of aromatic nitrogens is 3. The second-order valence-corrected chi connectivity index (χ2v) is 7.08. The summed E-state index contributed by atoms with van der Waals surface area (Å²) in [5.41, 5.74) is 4.00. The summed E-state index contributed by atoms with van der Waals surface area (Å²) in [6.45, 7) is 5.77. The van der Waals surface area contributed by atoms with Crippen molar-refractivity contribution in [3.8, 4) is 22.8 Å².